The van der Waals surface area contributed by atoms with Crippen LogP contribution >= 0.6 is 38.5 Å². The number of carbonyl (C=O) groups excluding carboxylic acids is 1. The molecule has 1 amide bonds. The van der Waals surface area contributed by atoms with Gasteiger partial charge in [-0.1, -0.05) is 15.9 Å². The number of halogens is 2. The summed E-state index contributed by atoms with van der Waals surface area (Å²) < 4.78 is 1.68. The van der Waals surface area contributed by atoms with Crippen molar-refractivity contribution in [2.24, 2.45) is 0 Å². The van der Waals surface area contributed by atoms with Crippen LogP contribution in [0.4, 0.5) is 0 Å². The molecule has 0 saturated heterocycles. The summed E-state index contributed by atoms with van der Waals surface area (Å²) in [5, 5.41) is 17.3. The van der Waals surface area contributed by atoms with Crippen molar-refractivity contribution in [2.75, 3.05) is 13.1 Å². The molecule has 0 aliphatic heterocycles. The Morgan fingerprint density at radius 3 is 2.37 bits per heavy atom. The Kier molecular flexibility index (Phi) is 6.82. The van der Waals surface area contributed by atoms with E-state index in [-0.39, 0.29) is 18.7 Å². The van der Waals surface area contributed by atoms with Crippen LogP contribution in [0.3, 0.4) is 0 Å². The number of nitrogens with zero attached hydrogens (tertiary/aromatic N) is 3. The van der Waals surface area contributed by atoms with Crippen LogP contribution in [0.25, 0.3) is 0 Å². The van der Waals surface area contributed by atoms with Crippen molar-refractivity contribution in [3.63, 3.8) is 0 Å². The molecule has 0 aliphatic carbocycles. The van der Waals surface area contributed by atoms with E-state index in [1.54, 1.807) is 11.0 Å². The van der Waals surface area contributed by atoms with Gasteiger partial charge in [0.1, 0.15) is 0 Å². The van der Waals surface area contributed by atoms with E-state index >= 15 is 0 Å². The Morgan fingerprint density at radius 1 is 1.26 bits per heavy atom. The smallest absolute Gasteiger partial charge is 0.255 e. The van der Waals surface area contributed by atoms with Crippen molar-refractivity contribution < 1.29 is 4.79 Å². The van der Waals surface area contributed by atoms with Gasteiger partial charge in [0.25, 0.3) is 5.91 Å². The molecule has 0 fully saturated rings. The van der Waals surface area contributed by atoms with Gasteiger partial charge in [0.05, 0.1) is 30.5 Å². The van der Waals surface area contributed by atoms with Gasteiger partial charge in [-0.15, -0.1) is 0 Å². The predicted octanol–water partition coefficient (Wildman–Crippen LogP) is 3.32. The molecule has 1 rings (SSSR count). The average Bonchev–Trinajstić information content (AvgIpc) is 2.41. The molecule has 1 aromatic carbocycles. The SMILES string of the molecule is N#CCCN(CCC#N)C(=O)c1cc(Br)ccc1I. The molecule has 0 heterocycles. The lowest BCUT2D eigenvalue weighted by Gasteiger charge is -2.21. The maximum atomic E-state index is 12.4. The zero-order chi connectivity index (χ0) is 14.3. The molecule has 1 aromatic rings. The maximum absolute atomic E-state index is 12.4. The third-order valence-corrected chi connectivity index (χ3v) is 3.87. The Bertz CT molecular complexity index is 530. The summed E-state index contributed by atoms with van der Waals surface area (Å²) in [5.74, 6) is -0.142. The molecule has 0 spiro atoms. The van der Waals surface area contributed by atoms with Gasteiger partial charge >= 0.3 is 0 Å². The lowest BCUT2D eigenvalue weighted by Crippen LogP contribution is -2.33. The fourth-order valence-corrected chi connectivity index (χ4v) is 2.44. The third kappa shape index (κ3) is 4.81. The van der Waals surface area contributed by atoms with E-state index in [4.69, 9.17) is 10.5 Å². The molecule has 0 radical (unpaired) electrons. The molecule has 0 N–H and O–H groups in total. The number of hydrogen-bond donors (Lipinski definition) is 0. The number of rotatable bonds is 5. The highest BCUT2D eigenvalue weighted by Crippen LogP contribution is 2.20. The molecule has 6 heteroatoms. The standard InChI is InChI=1S/C13H11BrIN3O/c14-10-3-4-12(15)11(9-10)13(19)18(7-1-5-16)8-2-6-17/h3-4,9H,1-2,7-8H2. The van der Waals surface area contributed by atoms with Crippen LogP contribution in [0.15, 0.2) is 22.7 Å². The molecule has 98 valence electrons. The molecule has 0 bridgehead atoms. The highest BCUT2D eigenvalue weighted by molar-refractivity contribution is 14.1. The van der Waals surface area contributed by atoms with Crippen LogP contribution in [0.1, 0.15) is 23.2 Å². The van der Waals surface area contributed by atoms with Crippen molar-refractivity contribution in [1.29, 1.82) is 10.5 Å². The van der Waals surface area contributed by atoms with Gasteiger partial charge in [0.2, 0.25) is 0 Å². The first kappa shape index (κ1) is 15.9. The second-order valence-corrected chi connectivity index (χ2v) is 5.81. The van der Waals surface area contributed by atoms with E-state index < -0.39 is 0 Å². The third-order valence-electron chi connectivity index (χ3n) is 2.43. The fraction of sp³-hybridized carbons (Fsp3) is 0.308. The first-order valence-electron chi connectivity index (χ1n) is 5.58. The summed E-state index contributed by atoms with van der Waals surface area (Å²) in [6.07, 6.45) is 0.531. The summed E-state index contributed by atoms with van der Waals surface area (Å²) in [4.78, 5) is 14.0. The van der Waals surface area contributed by atoms with Crippen LogP contribution in [0.2, 0.25) is 0 Å². The van der Waals surface area contributed by atoms with E-state index in [2.05, 4.69) is 38.5 Å². The van der Waals surface area contributed by atoms with E-state index in [0.717, 1.165) is 8.04 Å². The zero-order valence-electron chi connectivity index (χ0n) is 10.1. The quantitative estimate of drug-likeness (QED) is 0.671. The maximum Gasteiger partial charge on any atom is 0.255 e. The van der Waals surface area contributed by atoms with E-state index in [1.807, 2.05) is 24.3 Å². The number of carbonyl (C=O) groups is 1. The molecule has 0 atom stereocenters. The summed E-state index contributed by atoms with van der Waals surface area (Å²) in [6.45, 7) is 0.694. The van der Waals surface area contributed by atoms with Crippen molar-refractivity contribution in [2.45, 2.75) is 12.8 Å². The van der Waals surface area contributed by atoms with E-state index in [0.29, 0.717) is 18.7 Å². The average molecular weight is 432 g/mol. The Morgan fingerprint density at radius 2 is 1.84 bits per heavy atom. The predicted molar refractivity (Wildman–Crippen MR) is 83.2 cm³/mol. The lowest BCUT2D eigenvalue weighted by molar-refractivity contribution is 0.0761. The Labute approximate surface area is 134 Å². The minimum absolute atomic E-state index is 0.142. The summed E-state index contributed by atoms with van der Waals surface area (Å²) in [7, 11) is 0. The first-order chi connectivity index (χ1) is 9.10. The molecule has 4 nitrogen and oxygen atoms in total. The number of benzene rings is 1. The summed E-state index contributed by atoms with van der Waals surface area (Å²) in [5.41, 5.74) is 0.589. The Hall–Kier alpha value is -1.12. The summed E-state index contributed by atoms with van der Waals surface area (Å²) in [6, 6.07) is 9.52. The van der Waals surface area contributed by atoms with Crippen molar-refractivity contribution in [3.8, 4) is 12.1 Å². The van der Waals surface area contributed by atoms with Crippen LogP contribution in [-0.4, -0.2) is 23.9 Å². The number of amides is 1. The lowest BCUT2D eigenvalue weighted by atomic mass is 10.2. The molecular formula is C13H11BrIN3O. The number of nitriles is 2. The summed E-state index contributed by atoms with van der Waals surface area (Å²) >= 11 is 5.44. The van der Waals surface area contributed by atoms with Gasteiger partial charge < -0.3 is 4.90 Å². The van der Waals surface area contributed by atoms with Gasteiger partial charge in [-0.2, -0.15) is 10.5 Å². The van der Waals surface area contributed by atoms with Gasteiger partial charge in [-0.05, 0) is 40.8 Å². The van der Waals surface area contributed by atoms with Gasteiger partial charge in [0, 0.05) is 21.1 Å². The first-order valence-corrected chi connectivity index (χ1v) is 7.45. The molecule has 19 heavy (non-hydrogen) atoms. The van der Waals surface area contributed by atoms with Gasteiger partial charge in [0.15, 0.2) is 0 Å². The van der Waals surface area contributed by atoms with Crippen molar-refractivity contribution in [1.82, 2.24) is 4.90 Å². The highest BCUT2D eigenvalue weighted by Gasteiger charge is 2.18. The second-order valence-electron chi connectivity index (χ2n) is 3.73. The Balaban J connectivity index is 2.94. The second kappa shape index (κ2) is 8.13. The molecular weight excluding hydrogens is 421 g/mol. The molecule has 0 aromatic heterocycles. The minimum atomic E-state index is -0.142. The van der Waals surface area contributed by atoms with E-state index in [1.165, 1.54) is 0 Å². The van der Waals surface area contributed by atoms with Crippen LogP contribution in [-0.2, 0) is 0 Å². The van der Waals surface area contributed by atoms with E-state index in [9.17, 15) is 4.79 Å². The van der Waals surface area contributed by atoms with Crippen molar-refractivity contribution in [3.05, 3.63) is 31.8 Å². The molecule has 0 aliphatic rings. The molecule has 0 unspecified atom stereocenters. The van der Waals surface area contributed by atoms with Gasteiger partial charge in [-0.25, -0.2) is 0 Å². The largest absolute Gasteiger partial charge is 0.337 e. The zero-order valence-corrected chi connectivity index (χ0v) is 13.8. The van der Waals surface area contributed by atoms with Gasteiger partial charge in [-0.3, -0.25) is 4.79 Å². The number of hydrogen-bond acceptors (Lipinski definition) is 3. The molecule has 0 saturated carbocycles. The van der Waals surface area contributed by atoms with Crippen molar-refractivity contribution >= 4 is 44.4 Å². The van der Waals surface area contributed by atoms with Crippen LogP contribution in [0.5, 0.6) is 0 Å². The highest BCUT2D eigenvalue weighted by atomic mass is 127. The van der Waals surface area contributed by atoms with Crippen LogP contribution in [0, 0.1) is 26.2 Å². The fourth-order valence-electron chi connectivity index (χ4n) is 1.52. The minimum Gasteiger partial charge on any atom is -0.337 e. The van der Waals surface area contributed by atoms with Crippen LogP contribution < -0.4 is 0 Å². The normalized spacial score (nSPS) is 9.47. The topological polar surface area (TPSA) is 67.9 Å². The monoisotopic (exact) mass is 431 g/mol.